The van der Waals surface area contributed by atoms with E-state index in [-0.39, 0.29) is 11.3 Å². The molecule has 2 atom stereocenters. The first-order chi connectivity index (χ1) is 15.3. The first-order valence-electron chi connectivity index (χ1n) is 10.8. The quantitative estimate of drug-likeness (QED) is 0.559. The molecule has 2 aromatic rings. The number of hydrogen-bond acceptors (Lipinski definition) is 6. The van der Waals surface area contributed by atoms with Gasteiger partial charge in [0.2, 0.25) is 0 Å². The Bertz CT molecular complexity index is 1020. The van der Waals surface area contributed by atoms with Crippen molar-refractivity contribution in [2.24, 2.45) is 0 Å². The number of aliphatic carboxylic acids is 1. The molecule has 0 saturated carbocycles. The Kier molecular flexibility index (Phi) is 7.79. The predicted octanol–water partition coefficient (Wildman–Crippen LogP) is 3.47. The molecule has 1 fully saturated rings. The molecule has 1 saturated heterocycles. The molecule has 1 heterocycles. The summed E-state index contributed by atoms with van der Waals surface area (Å²) >= 11 is 0. The van der Waals surface area contributed by atoms with Gasteiger partial charge >= 0.3 is 5.97 Å². The number of ether oxygens (including phenoxy) is 2. The van der Waals surface area contributed by atoms with Crippen molar-refractivity contribution in [2.75, 3.05) is 20.3 Å². The van der Waals surface area contributed by atoms with Crippen LogP contribution in [0.15, 0.2) is 53.4 Å². The van der Waals surface area contributed by atoms with Crippen LogP contribution in [-0.2, 0) is 21.1 Å². The zero-order valence-corrected chi connectivity index (χ0v) is 19.4. The van der Waals surface area contributed by atoms with Crippen molar-refractivity contribution in [3.05, 3.63) is 54.1 Å². The molecule has 1 aliphatic heterocycles. The third-order valence-corrected chi connectivity index (χ3v) is 8.40. The molecule has 32 heavy (non-hydrogen) atoms. The van der Waals surface area contributed by atoms with Gasteiger partial charge in [-0.25, -0.2) is 8.42 Å². The Morgan fingerprint density at radius 2 is 1.91 bits per heavy atom. The molecule has 0 spiro atoms. The van der Waals surface area contributed by atoms with Gasteiger partial charge in [-0.15, -0.1) is 0 Å². The summed E-state index contributed by atoms with van der Waals surface area (Å²) in [4.78, 5) is 12.1. The predicted molar refractivity (Wildman–Crippen MR) is 122 cm³/mol. The molecular weight excluding hydrogens is 430 g/mol. The molecule has 0 aliphatic carbocycles. The average molecular weight is 462 g/mol. The first-order valence-corrected chi connectivity index (χ1v) is 12.3. The molecule has 0 bridgehead atoms. The monoisotopic (exact) mass is 461 g/mol. The van der Waals surface area contributed by atoms with E-state index in [1.54, 1.807) is 24.3 Å². The number of carboxylic acid groups (broad SMARTS) is 1. The summed E-state index contributed by atoms with van der Waals surface area (Å²) in [6, 6.07) is 13.2. The van der Waals surface area contributed by atoms with Crippen molar-refractivity contribution in [1.29, 1.82) is 0 Å². The van der Waals surface area contributed by atoms with Crippen LogP contribution in [0.5, 0.6) is 11.5 Å². The van der Waals surface area contributed by atoms with E-state index in [2.05, 4.69) is 5.32 Å². The topological polar surface area (TPSA) is 102 Å². The van der Waals surface area contributed by atoms with Gasteiger partial charge in [0.15, 0.2) is 14.6 Å². The summed E-state index contributed by atoms with van der Waals surface area (Å²) in [7, 11) is -2.69. The van der Waals surface area contributed by atoms with E-state index in [1.807, 2.05) is 0 Å². The smallest absolute Gasteiger partial charge is 0.325 e. The second-order valence-electron chi connectivity index (χ2n) is 8.32. The molecule has 0 amide bonds. The van der Waals surface area contributed by atoms with Crippen LogP contribution in [0.4, 0.5) is 0 Å². The summed E-state index contributed by atoms with van der Waals surface area (Å²) < 4.78 is 35.4. The van der Waals surface area contributed by atoms with Crippen LogP contribution in [0, 0.1) is 0 Å². The van der Waals surface area contributed by atoms with Crippen molar-refractivity contribution in [3.63, 3.8) is 0 Å². The van der Waals surface area contributed by atoms with Gasteiger partial charge in [-0.05, 0) is 74.7 Å². The van der Waals surface area contributed by atoms with Gasteiger partial charge in [-0.3, -0.25) is 4.79 Å². The van der Waals surface area contributed by atoms with E-state index in [4.69, 9.17) is 9.47 Å². The van der Waals surface area contributed by atoms with Crippen molar-refractivity contribution >= 4 is 15.8 Å². The molecule has 0 radical (unpaired) electrons. The lowest BCUT2D eigenvalue weighted by Crippen LogP contribution is -2.45. The summed E-state index contributed by atoms with van der Waals surface area (Å²) in [5.41, 5.74) is 0.584. The number of benzene rings is 2. The third-order valence-electron chi connectivity index (χ3n) is 6.00. The Morgan fingerprint density at radius 1 is 1.16 bits per heavy atom. The molecule has 8 heteroatoms. The zero-order chi connectivity index (χ0) is 23.2. The molecule has 7 nitrogen and oxygen atoms in total. The number of rotatable bonds is 10. The molecule has 0 aromatic heterocycles. The summed E-state index contributed by atoms with van der Waals surface area (Å²) in [5, 5.41) is 13.4. The number of methoxy groups -OCH3 is 1. The van der Waals surface area contributed by atoms with Crippen molar-refractivity contribution in [3.8, 4) is 11.5 Å². The number of carbonyl (C=O) groups is 1. The van der Waals surface area contributed by atoms with Gasteiger partial charge in [-0.2, -0.15) is 0 Å². The lowest BCUT2D eigenvalue weighted by Gasteiger charge is -2.25. The maximum Gasteiger partial charge on any atom is 0.325 e. The second kappa shape index (κ2) is 10.4. The summed E-state index contributed by atoms with van der Waals surface area (Å²) in [6.45, 7) is 2.83. The molecular formula is C24H31NO6S. The van der Waals surface area contributed by atoms with Crippen molar-refractivity contribution in [1.82, 2.24) is 5.32 Å². The van der Waals surface area contributed by atoms with Crippen LogP contribution >= 0.6 is 0 Å². The van der Waals surface area contributed by atoms with Gasteiger partial charge in [0, 0.05) is 12.5 Å². The molecule has 3 rings (SSSR count). The normalized spacial score (nSPS) is 18.5. The number of nitrogens with one attached hydrogen (secondary N) is 1. The molecule has 2 aromatic carbocycles. The van der Waals surface area contributed by atoms with E-state index < -0.39 is 20.6 Å². The van der Waals surface area contributed by atoms with Crippen molar-refractivity contribution < 1.29 is 27.8 Å². The highest BCUT2D eigenvalue weighted by Crippen LogP contribution is 2.31. The highest BCUT2D eigenvalue weighted by Gasteiger charge is 2.47. The van der Waals surface area contributed by atoms with E-state index >= 15 is 0 Å². The highest BCUT2D eigenvalue weighted by molar-refractivity contribution is 7.93. The minimum absolute atomic E-state index is 0.0596. The van der Waals surface area contributed by atoms with Crippen molar-refractivity contribution in [2.45, 2.75) is 54.7 Å². The maximum absolute atomic E-state index is 13.3. The van der Waals surface area contributed by atoms with Crippen LogP contribution in [-0.4, -0.2) is 50.5 Å². The second-order valence-corrected chi connectivity index (χ2v) is 10.7. The maximum atomic E-state index is 13.3. The largest absolute Gasteiger partial charge is 0.497 e. The Hall–Kier alpha value is -2.58. The first kappa shape index (κ1) is 24.1. The van der Waals surface area contributed by atoms with Crippen LogP contribution in [0.1, 0.15) is 38.2 Å². The standard InChI is InChI=1S/C24H31NO6S/c1-24(23(26)27,32(28,29)22-11-9-20(30-2)10-12-22)17-18-6-5-8-21(16-18)31-15-13-19-7-3-4-14-25-19/h5-6,8-12,16,19,25H,3-4,7,13-15,17H2,1-2H3,(H,26,27). The SMILES string of the molecule is COc1ccc(S(=O)(=O)C(C)(Cc2cccc(OCCC3CCCCN3)c2)C(=O)O)cc1. The molecule has 174 valence electrons. The van der Waals surface area contributed by atoms with Gasteiger partial charge in [0.1, 0.15) is 11.5 Å². The van der Waals surface area contributed by atoms with Crippen LogP contribution in [0.25, 0.3) is 0 Å². The average Bonchev–Trinajstić information content (AvgIpc) is 2.80. The number of hydrogen-bond donors (Lipinski definition) is 2. The molecule has 1 aliphatic rings. The lowest BCUT2D eigenvalue weighted by atomic mass is 10.00. The lowest BCUT2D eigenvalue weighted by molar-refractivity contribution is -0.139. The van der Waals surface area contributed by atoms with E-state index in [0.717, 1.165) is 19.4 Å². The van der Waals surface area contributed by atoms with E-state index in [0.29, 0.717) is 29.7 Å². The fraction of sp³-hybridized carbons (Fsp3) is 0.458. The van der Waals surface area contributed by atoms with Gasteiger partial charge < -0.3 is 19.9 Å². The number of sulfone groups is 1. The van der Waals surface area contributed by atoms with Crippen LogP contribution in [0.2, 0.25) is 0 Å². The minimum Gasteiger partial charge on any atom is -0.497 e. The molecule has 2 unspecified atom stereocenters. The summed E-state index contributed by atoms with van der Waals surface area (Å²) in [6.07, 6.45) is 4.29. The van der Waals surface area contributed by atoms with Gasteiger partial charge in [-0.1, -0.05) is 18.6 Å². The Morgan fingerprint density at radius 3 is 2.53 bits per heavy atom. The van der Waals surface area contributed by atoms with Gasteiger partial charge in [0.25, 0.3) is 0 Å². The van der Waals surface area contributed by atoms with E-state index in [9.17, 15) is 18.3 Å². The minimum atomic E-state index is -4.17. The Labute approximate surface area is 189 Å². The summed E-state index contributed by atoms with van der Waals surface area (Å²) in [5.74, 6) is -0.301. The fourth-order valence-electron chi connectivity index (χ4n) is 3.92. The number of piperidine rings is 1. The number of carboxylic acids is 1. The Balaban J connectivity index is 1.74. The molecule has 2 N–H and O–H groups in total. The highest BCUT2D eigenvalue weighted by atomic mass is 32.2. The van der Waals surface area contributed by atoms with E-state index in [1.165, 1.54) is 51.1 Å². The van der Waals surface area contributed by atoms with Gasteiger partial charge in [0.05, 0.1) is 18.6 Å². The fourth-order valence-corrected chi connectivity index (χ4v) is 5.53. The van der Waals surface area contributed by atoms with Crippen LogP contribution < -0.4 is 14.8 Å². The third kappa shape index (κ3) is 5.42. The van der Waals surface area contributed by atoms with Crippen LogP contribution in [0.3, 0.4) is 0 Å². The zero-order valence-electron chi connectivity index (χ0n) is 18.5.